The van der Waals surface area contributed by atoms with Gasteiger partial charge in [-0.15, -0.1) is 29.7 Å². The first kappa shape index (κ1) is 26.1. The topological polar surface area (TPSA) is 9.23 Å². The Labute approximate surface area is 178 Å². The van der Waals surface area contributed by atoms with Crippen molar-refractivity contribution in [3.05, 3.63) is 72.3 Å². The smallest absolute Gasteiger partial charge is 1.00 e. The van der Waals surface area contributed by atoms with E-state index in [1.54, 1.807) is 0 Å². The first-order valence-corrected chi connectivity index (χ1v) is 10.9. The molecule has 0 saturated heterocycles. The van der Waals surface area contributed by atoms with E-state index in [0.29, 0.717) is 0 Å². The largest absolute Gasteiger partial charge is 4.00 e. The van der Waals surface area contributed by atoms with Crippen LogP contribution in [0.3, 0.4) is 0 Å². The third-order valence-corrected chi connectivity index (χ3v) is 4.28. The molecule has 0 heterocycles. The first-order valence-electron chi connectivity index (χ1n) is 7.50. The van der Waals surface area contributed by atoms with Crippen LogP contribution in [0.25, 0.3) is 10.8 Å². The Morgan fingerprint density at radius 2 is 1.58 bits per heavy atom. The van der Waals surface area contributed by atoms with Gasteiger partial charge in [-0.05, 0) is 19.6 Å². The van der Waals surface area contributed by atoms with Crippen LogP contribution in [0.2, 0.25) is 19.6 Å². The second-order valence-electron chi connectivity index (χ2n) is 6.16. The number of rotatable bonds is 4. The summed E-state index contributed by atoms with van der Waals surface area (Å²) in [5.74, 6) is 0. The molecule has 0 aromatic heterocycles. The predicted octanol–water partition coefficient (Wildman–Crippen LogP) is -0.636. The van der Waals surface area contributed by atoms with E-state index in [9.17, 15) is 0 Å². The normalized spacial score (nSPS) is 9.79. The van der Waals surface area contributed by atoms with Gasteiger partial charge in [-0.25, -0.2) is 12.1 Å². The van der Waals surface area contributed by atoms with Gasteiger partial charge < -0.3 is 29.2 Å². The summed E-state index contributed by atoms with van der Waals surface area (Å²) >= 11 is 0. The van der Waals surface area contributed by atoms with Crippen LogP contribution in [0.4, 0.5) is 0 Å². The van der Waals surface area contributed by atoms with Crippen LogP contribution in [0.5, 0.6) is 0 Å². The van der Waals surface area contributed by atoms with Gasteiger partial charge in [-0.2, -0.15) is 35.2 Å². The van der Waals surface area contributed by atoms with E-state index >= 15 is 0 Å². The van der Waals surface area contributed by atoms with Crippen LogP contribution in [-0.4, -0.2) is 14.9 Å². The van der Waals surface area contributed by atoms with E-state index in [4.69, 9.17) is 4.43 Å². The van der Waals surface area contributed by atoms with Crippen molar-refractivity contribution >= 4 is 19.1 Å². The Kier molecular flexibility index (Phi) is 14.2. The summed E-state index contributed by atoms with van der Waals surface area (Å²) in [6.07, 6.45) is 1.05. The second kappa shape index (κ2) is 13.1. The van der Waals surface area contributed by atoms with Crippen LogP contribution in [0.15, 0.2) is 66.7 Å². The molecule has 0 fully saturated rings. The minimum Gasteiger partial charge on any atom is -1.00 e. The van der Waals surface area contributed by atoms with Gasteiger partial charge in [0, 0.05) is 6.61 Å². The molecule has 0 atom stereocenters. The fourth-order valence-corrected chi connectivity index (χ4v) is 2.84. The Hall–Kier alpha value is -0.180. The molecule has 1 nitrogen and oxygen atoms in total. The van der Waals surface area contributed by atoms with Crippen LogP contribution in [0.1, 0.15) is 5.56 Å². The van der Waals surface area contributed by atoms with Gasteiger partial charge in [0.05, 0.1) is 0 Å². The summed E-state index contributed by atoms with van der Waals surface area (Å²) < 4.78 is 5.74. The molecule has 0 aliphatic rings. The molecule has 0 N–H and O–H groups in total. The van der Waals surface area contributed by atoms with Crippen molar-refractivity contribution in [1.29, 1.82) is 0 Å². The third-order valence-electron chi connectivity index (χ3n) is 3.21. The standard InChI is InChI=1S/C10H17OSi.C9H7.2ClH.Zr/c1-12(2,3)11-9-8-10-6-4-5-7-10;1-2-5-9-7-3-6-8(9)4-1;;;/h4-7H,8-9H2,1-3H3;1-7H;2*1H;/q2*-1;;;+4/p-2. The molecule has 0 bridgehead atoms. The SMILES string of the molecule is C[Si](C)(C)OCC[c-]1cccc1.[Cl-].[Cl-].[Zr+4].c1ccc2[cH-]ccc2c1. The molecule has 5 heteroatoms. The van der Waals surface area contributed by atoms with Gasteiger partial charge in [0.2, 0.25) is 0 Å². The van der Waals surface area contributed by atoms with Crippen LogP contribution < -0.4 is 24.8 Å². The average Bonchev–Trinajstić information content (AvgIpc) is 3.08. The average molecular weight is 459 g/mol. The molecule has 0 radical (unpaired) electrons. The van der Waals surface area contributed by atoms with E-state index in [2.05, 4.69) is 86.4 Å². The minimum atomic E-state index is -1.29. The van der Waals surface area contributed by atoms with Crippen molar-refractivity contribution in [2.24, 2.45) is 0 Å². The molecule has 0 aliphatic heterocycles. The van der Waals surface area contributed by atoms with E-state index in [-0.39, 0.29) is 51.0 Å². The summed E-state index contributed by atoms with van der Waals surface area (Å²) in [4.78, 5) is 0. The fourth-order valence-electron chi connectivity index (χ4n) is 2.13. The maximum atomic E-state index is 5.74. The van der Waals surface area contributed by atoms with Crippen molar-refractivity contribution in [1.82, 2.24) is 0 Å². The van der Waals surface area contributed by atoms with Crippen molar-refractivity contribution in [3.8, 4) is 0 Å². The minimum absolute atomic E-state index is 0. The second-order valence-corrected chi connectivity index (χ2v) is 10.7. The molecule has 128 valence electrons. The van der Waals surface area contributed by atoms with Crippen molar-refractivity contribution in [2.45, 2.75) is 26.1 Å². The summed E-state index contributed by atoms with van der Waals surface area (Å²) in [6, 6.07) is 23.1. The molecule has 0 saturated carbocycles. The van der Waals surface area contributed by atoms with Crippen LogP contribution in [-0.2, 0) is 37.1 Å². The summed E-state index contributed by atoms with van der Waals surface area (Å²) in [6.45, 7) is 7.54. The Balaban J connectivity index is 0. The molecule has 0 spiro atoms. The number of hydrogen-bond donors (Lipinski definition) is 0. The van der Waals surface area contributed by atoms with Gasteiger partial charge in [0.25, 0.3) is 0 Å². The van der Waals surface area contributed by atoms with E-state index < -0.39 is 8.32 Å². The summed E-state index contributed by atoms with van der Waals surface area (Å²) in [7, 11) is -1.29. The van der Waals surface area contributed by atoms with Crippen molar-refractivity contribution < 1.29 is 55.4 Å². The quantitative estimate of drug-likeness (QED) is 0.374. The number of hydrogen-bond acceptors (Lipinski definition) is 1. The molecule has 0 aliphatic carbocycles. The monoisotopic (exact) mass is 456 g/mol. The zero-order valence-corrected chi connectivity index (χ0v) is 19.4. The van der Waals surface area contributed by atoms with Gasteiger partial charge in [-0.1, -0.05) is 12.5 Å². The summed E-state index contributed by atoms with van der Waals surface area (Å²) in [5, 5.41) is 2.66. The molecule has 24 heavy (non-hydrogen) atoms. The molecule has 0 unspecified atom stereocenters. The fraction of sp³-hybridized carbons (Fsp3) is 0.263. The molecule has 0 amide bonds. The number of halogens is 2. The zero-order valence-electron chi connectivity index (χ0n) is 14.4. The summed E-state index contributed by atoms with van der Waals surface area (Å²) in [5.41, 5.74) is 1.38. The Bertz CT molecular complexity index is 614. The maximum absolute atomic E-state index is 5.74. The molecular weight excluding hydrogens is 434 g/mol. The molecule has 3 rings (SSSR count). The van der Waals surface area contributed by atoms with E-state index in [1.165, 1.54) is 16.3 Å². The number of benzene rings is 1. The van der Waals surface area contributed by atoms with E-state index in [0.717, 1.165) is 13.0 Å². The van der Waals surface area contributed by atoms with Gasteiger partial charge in [-0.3, -0.25) is 0 Å². The van der Waals surface area contributed by atoms with Gasteiger partial charge >= 0.3 is 26.2 Å². The van der Waals surface area contributed by atoms with Gasteiger partial charge in [0.1, 0.15) is 0 Å². The predicted molar refractivity (Wildman–Crippen MR) is 94.6 cm³/mol. The zero-order chi connectivity index (χ0) is 15.1. The first-order chi connectivity index (χ1) is 10.0. The van der Waals surface area contributed by atoms with Crippen molar-refractivity contribution in [2.75, 3.05) is 6.61 Å². The molecule has 3 aromatic carbocycles. The maximum Gasteiger partial charge on any atom is 4.00 e. The Morgan fingerprint density at radius 3 is 2.17 bits per heavy atom. The molecule has 3 aromatic rings. The van der Waals surface area contributed by atoms with Crippen molar-refractivity contribution in [3.63, 3.8) is 0 Å². The third kappa shape index (κ3) is 9.96. The number of fused-ring (bicyclic) bond motifs is 1. The van der Waals surface area contributed by atoms with Gasteiger partial charge in [0.15, 0.2) is 8.32 Å². The Morgan fingerprint density at radius 1 is 0.958 bits per heavy atom. The molecular formula is C19H24Cl2OSiZr. The van der Waals surface area contributed by atoms with E-state index in [1.807, 2.05) is 0 Å². The van der Waals surface area contributed by atoms with Crippen LogP contribution >= 0.6 is 0 Å². The van der Waals surface area contributed by atoms with Crippen LogP contribution in [0, 0.1) is 0 Å².